The summed E-state index contributed by atoms with van der Waals surface area (Å²) < 4.78 is 0. The quantitative estimate of drug-likeness (QED) is 0.107. The number of anilines is 9. The van der Waals surface area contributed by atoms with Crippen molar-refractivity contribution < 1.29 is 0 Å². The van der Waals surface area contributed by atoms with Gasteiger partial charge in [0.25, 0.3) is 0 Å². The van der Waals surface area contributed by atoms with Crippen LogP contribution in [0.1, 0.15) is 76.0 Å². The monoisotopic (exact) mass is 944 g/mol. The van der Waals surface area contributed by atoms with Crippen molar-refractivity contribution in [1.82, 2.24) is 0 Å². The number of fused-ring (bicyclic) bond motifs is 2. The fraction of sp³-hybridized carbons (Fsp3) is 0.130. The van der Waals surface area contributed by atoms with Crippen LogP contribution in [0.2, 0.25) is 0 Å². The third-order valence-electron chi connectivity index (χ3n) is 14.6. The third-order valence-corrected chi connectivity index (χ3v) is 14.6. The first-order valence-electron chi connectivity index (χ1n) is 26.0. The molecule has 0 saturated carbocycles. The zero-order valence-electron chi connectivity index (χ0n) is 42.8. The molecule has 0 fully saturated rings. The van der Waals surface area contributed by atoms with Gasteiger partial charge in [0.05, 0.1) is 0 Å². The molecule has 0 unspecified atom stereocenters. The highest BCUT2D eigenvalue weighted by atomic mass is 15.2. The molecule has 3 nitrogen and oxygen atoms in total. The number of nitrogens with zero attached hydrogens (tertiary/aromatic N) is 3. The minimum absolute atomic E-state index is 0.0535. The van der Waals surface area contributed by atoms with E-state index in [1.807, 2.05) is 0 Å². The molecule has 0 atom stereocenters. The second kappa shape index (κ2) is 20.4. The Kier molecular flexibility index (Phi) is 13.1. The van der Waals surface area contributed by atoms with Crippen molar-refractivity contribution in [3.05, 3.63) is 265 Å². The van der Waals surface area contributed by atoms with Gasteiger partial charge in [-0.1, -0.05) is 211 Å². The minimum Gasteiger partial charge on any atom is -0.311 e. The van der Waals surface area contributed by atoms with Gasteiger partial charge < -0.3 is 14.7 Å². The molecule has 11 rings (SSSR count). The lowest BCUT2D eigenvalue weighted by molar-refractivity contribution is 0.812. The average Bonchev–Trinajstić information content (AvgIpc) is 3.44. The lowest BCUT2D eigenvalue weighted by Gasteiger charge is -2.40. The molecule has 0 N–H and O–H groups in total. The van der Waals surface area contributed by atoms with Gasteiger partial charge in [0.15, 0.2) is 0 Å². The van der Waals surface area contributed by atoms with E-state index in [1.165, 1.54) is 55.3 Å². The molecule has 0 bridgehead atoms. The first-order valence-corrected chi connectivity index (χ1v) is 26.0. The average molecular weight is 944 g/mol. The van der Waals surface area contributed by atoms with E-state index < -0.39 is 0 Å². The van der Waals surface area contributed by atoms with E-state index in [-0.39, 0.29) is 6.71 Å². The molecule has 10 aromatic carbocycles. The van der Waals surface area contributed by atoms with Crippen LogP contribution in [0, 0.1) is 0 Å². The summed E-state index contributed by atoms with van der Waals surface area (Å²) in [5.41, 5.74) is 22.9. The summed E-state index contributed by atoms with van der Waals surface area (Å²) in [6.07, 6.45) is 0. The number of hydrogen-bond donors (Lipinski definition) is 0. The topological polar surface area (TPSA) is 9.72 Å². The van der Waals surface area contributed by atoms with Crippen molar-refractivity contribution in [2.24, 2.45) is 0 Å². The van der Waals surface area contributed by atoms with E-state index in [4.69, 9.17) is 0 Å². The first kappa shape index (κ1) is 47.0. The van der Waals surface area contributed by atoms with Gasteiger partial charge in [-0.05, 0) is 153 Å². The van der Waals surface area contributed by atoms with Gasteiger partial charge in [-0.3, -0.25) is 0 Å². The molecule has 0 saturated heterocycles. The molecule has 356 valence electrons. The normalized spacial score (nSPS) is 12.0. The van der Waals surface area contributed by atoms with Crippen LogP contribution >= 0.6 is 0 Å². The van der Waals surface area contributed by atoms with Crippen LogP contribution in [-0.4, -0.2) is 6.71 Å². The first-order chi connectivity index (χ1) is 35.7. The summed E-state index contributed by atoms with van der Waals surface area (Å²) in [4.78, 5) is 7.38. The predicted molar refractivity (Wildman–Crippen MR) is 315 cm³/mol. The Labute approximate surface area is 433 Å². The van der Waals surface area contributed by atoms with Crippen LogP contribution in [0.3, 0.4) is 0 Å². The second-order valence-electron chi connectivity index (χ2n) is 20.3. The van der Waals surface area contributed by atoms with Crippen molar-refractivity contribution in [1.29, 1.82) is 0 Å². The maximum absolute atomic E-state index is 2.54. The van der Waals surface area contributed by atoms with Crippen LogP contribution in [0.15, 0.2) is 249 Å². The Hall–Kier alpha value is -8.34. The maximum atomic E-state index is 2.54. The smallest absolute Gasteiger partial charge is 0.247 e. The van der Waals surface area contributed by atoms with Crippen molar-refractivity contribution in [2.45, 2.75) is 59.3 Å². The molecular weight excluding hydrogens is 882 g/mol. The molecule has 73 heavy (non-hydrogen) atoms. The van der Waals surface area contributed by atoms with Crippen molar-refractivity contribution in [2.75, 3.05) is 14.7 Å². The van der Waals surface area contributed by atoms with Crippen molar-refractivity contribution in [3.63, 3.8) is 0 Å². The lowest BCUT2D eigenvalue weighted by Crippen LogP contribution is -2.59. The van der Waals surface area contributed by atoms with Gasteiger partial charge in [0, 0.05) is 51.2 Å². The predicted octanol–water partition coefficient (Wildman–Crippen LogP) is 17.6. The van der Waals surface area contributed by atoms with Crippen molar-refractivity contribution >= 4 is 74.3 Å². The number of hydrogen-bond acceptors (Lipinski definition) is 3. The Balaban J connectivity index is 1.21. The van der Waals surface area contributed by atoms with Gasteiger partial charge in [0.2, 0.25) is 6.71 Å². The molecule has 0 aromatic heterocycles. The molecule has 0 aliphatic carbocycles. The third kappa shape index (κ3) is 9.26. The largest absolute Gasteiger partial charge is 0.311 e. The van der Waals surface area contributed by atoms with Gasteiger partial charge in [-0.25, -0.2) is 0 Å². The summed E-state index contributed by atoms with van der Waals surface area (Å²) in [5, 5.41) is 0. The van der Waals surface area contributed by atoms with E-state index in [9.17, 15) is 0 Å². The lowest BCUT2D eigenvalue weighted by atomic mass is 9.33. The highest BCUT2D eigenvalue weighted by molar-refractivity contribution is 6.98. The van der Waals surface area contributed by atoms with Gasteiger partial charge in [-0.2, -0.15) is 0 Å². The maximum Gasteiger partial charge on any atom is 0.247 e. The van der Waals surface area contributed by atoms with E-state index >= 15 is 0 Å². The van der Waals surface area contributed by atoms with Crippen LogP contribution in [0.4, 0.5) is 51.2 Å². The van der Waals surface area contributed by atoms with E-state index in [0.717, 1.165) is 51.2 Å². The molecular formula is C69H62BN3. The molecule has 0 radical (unpaired) electrons. The molecule has 1 aliphatic heterocycles. The minimum atomic E-state index is -0.0535. The van der Waals surface area contributed by atoms with Gasteiger partial charge in [0.1, 0.15) is 0 Å². The number of para-hydroxylation sites is 3. The second-order valence-corrected chi connectivity index (χ2v) is 20.3. The molecule has 0 amide bonds. The Morgan fingerprint density at radius 3 is 1.08 bits per heavy atom. The molecule has 1 aliphatic rings. The van der Waals surface area contributed by atoms with Crippen LogP contribution in [0.5, 0.6) is 0 Å². The van der Waals surface area contributed by atoms with E-state index in [0.29, 0.717) is 17.8 Å². The fourth-order valence-corrected chi connectivity index (χ4v) is 11.0. The SMILES string of the molecule is CC(C)c1cc(C(C)C)c(B2c3ccc(N(c4ccccc4)c4ccccc4)cc3N(c3ccccc3)c3cc(N(c4cccc(-c5ccccc5)c4)c4cccc(-c5ccccc5)c4)ccc32)c(C(C)C)c1. The van der Waals surface area contributed by atoms with Crippen LogP contribution in [0.25, 0.3) is 22.3 Å². The number of rotatable bonds is 13. The summed E-state index contributed by atoms with van der Waals surface area (Å²) in [6.45, 7) is 14.1. The zero-order valence-corrected chi connectivity index (χ0v) is 42.8. The summed E-state index contributed by atoms with van der Waals surface area (Å²) in [5.74, 6) is 1.02. The fourth-order valence-electron chi connectivity index (χ4n) is 11.0. The summed E-state index contributed by atoms with van der Waals surface area (Å²) in [7, 11) is 0. The highest BCUT2D eigenvalue weighted by Gasteiger charge is 2.39. The Morgan fingerprint density at radius 2 is 0.671 bits per heavy atom. The van der Waals surface area contributed by atoms with Gasteiger partial charge >= 0.3 is 0 Å². The van der Waals surface area contributed by atoms with Gasteiger partial charge in [-0.15, -0.1) is 0 Å². The van der Waals surface area contributed by atoms with E-state index in [1.54, 1.807) is 0 Å². The number of benzene rings is 10. The summed E-state index contributed by atoms with van der Waals surface area (Å²) >= 11 is 0. The van der Waals surface area contributed by atoms with E-state index in [2.05, 4.69) is 305 Å². The standard InChI is InChI=1S/C69H62BN3/c1-48(2)55-44-63(49(3)4)69(64(45-55)50(5)6)70-65-40-38-61(71(56-30-16-9-17-31-56)57-32-18-10-19-33-57)46-67(65)73(58-34-20-11-21-35-58)68-47-62(39-41-66(68)70)72(59-36-22-28-53(42-59)51-24-12-7-13-25-51)60-37-23-29-54(43-60)52-26-14-8-15-27-52/h7-50H,1-6H3. The molecule has 4 heteroatoms. The molecule has 10 aromatic rings. The van der Waals surface area contributed by atoms with Crippen LogP contribution in [-0.2, 0) is 0 Å². The Bertz CT molecular complexity index is 3350. The molecule has 0 spiro atoms. The Morgan fingerprint density at radius 1 is 0.315 bits per heavy atom. The zero-order chi connectivity index (χ0) is 50.0. The highest BCUT2D eigenvalue weighted by Crippen LogP contribution is 2.45. The van der Waals surface area contributed by atoms with Crippen LogP contribution < -0.4 is 31.1 Å². The van der Waals surface area contributed by atoms with Crippen molar-refractivity contribution in [3.8, 4) is 22.3 Å². The summed E-state index contributed by atoms with van der Waals surface area (Å²) in [6, 6.07) is 91.6. The molecule has 1 heterocycles.